The molecule has 0 aromatic heterocycles. The van der Waals surface area contributed by atoms with Crippen LogP contribution in [-0.2, 0) is 23.9 Å². The lowest BCUT2D eigenvalue weighted by Gasteiger charge is -2.35. The first-order chi connectivity index (χ1) is 15.8. The number of rotatable bonds is 7. The molecule has 1 unspecified atom stereocenters. The first-order valence-electron chi connectivity index (χ1n) is 10.7. The fourth-order valence-electron chi connectivity index (χ4n) is 3.87. The van der Waals surface area contributed by atoms with E-state index in [0.717, 1.165) is 12.1 Å². The zero-order chi connectivity index (χ0) is 24.0. The molecule has 9 nitrogen and oxygen atoms in total. The van der Waals surface area contributed by atoms with E-state index in [9.17, 15) is 23.6 Å². The molecule has 2 fully saturated rings. The number of amides is 3. The quantitative estimate of drug-likeness (QED) is 0.398. The van der Waals surface area contributed by atoms with Crippen molar-refractivity contribution in [1.29, 1.82) is 0 Å². The van der Waals surface area contributed by atoms with E-state index in [1.807, 2.05) is 0 Å². The van der Waals surface area contributed by atoms with E-state index in [4.69, 9.17) is 16.3 Å². The lowest BCUT2D eigenvalue weighted by molar-refractivity contribution is -0.148. The molecule has 1 aromatic rings. The van der Waals surface area contributed by atoms with Gasteiger partial charge in [-0.3, -0.25) is 19.4 Å². The van der Waals surface area contributed by atoms with E-state index in [1.54, 1.807) is 0 Å². The summed E-state index contributed by atoms with van der Waals surface area (Å²) in [6.07, 6.45) is 4.12. The summed E-state index contributed by atoms with van der Waals surface area (Å²) in [6.45, 7) is 0.988. The molecule has 0 aliphatic carbocycles. The maximum atomic E-state index is 14.0. The maximum Gasteiger partial charge on any atom is 0.328 e. The molecular weight excluding hydrogens is 455 g/mol. The normalized spacial score (nSPS) is 21.5. The van der Waals surface area contributed by atoms with Gasteiger partial charge in [-0.05, 0) is 43.9 Å². The molecule has 3 amide bonds. The molecule has 1 aromatic carbocycles. The van der Waals surface area contributed by atoms with Gasteiger partial charge in [0.25, 0.3) is 5.91 Å². The van der Waals surface area contributed by atoms with Gasteiger partial charge >= 0.3 is 5.97 Å². The van der Waals surface area contributed by atoms with Crippen molar-refractivity contribution in [2.45, 2.75) is 37.8 Å². The van der Waals surface area contributed by atoms with Gasteiger partial charge in [0.05, 0.1) is 7.11 Å². The lowest BCUT2D eigenvalue weighted by Crippen LogP contribution is -2.60. The van der Waals surface area contributed by atoms with Crippen molar-refractivity contribution in [2.24, 2.45) is 5.92 Å². The summed E-state index contributed by atoms with van der Waals surface area (Å²) in [5.74, 6) is -2.92. The van der Waals surface area contributed by atoms with Crippen LogP contribution in [-0.4, -0.2) is 61.0 Å². The minimum Gasteiger partial charge on any atom is -0.467 e. The topological polar surface area (TPSA) is 117 Å². The van der Waals surface area contributed by atoms with Crippen LogP contribution in [0.5, 0.6) is 0 Å². The van der Waals surface area contributed by atoms with Crippen molar-refractivity contribution in [2.75, 3.05) is 20.2 Å². The number of benzene rings is 1. The fourth-order valence-corrected chi connectivity index (χ4v) is 4.03. The number of hydrogen-bond donors (Lipinski definition) is 3. The molecule has 2 aliphatic rings. The molecule has 0 spiro atoms. The van der Waals surface area contributed by atoms with Crippen LogP contribution in [0, 0.1) is 11.7 Å². The Morgan fingerprint density at radius 2 is 2.12 bits per heavy atom. The molecule has 11 heteroatoms. The molecular formula is C22H26ClFN4O5. The van der Waals surface area contributed by atoms with Gasteiger partial charge in [0, 0.05) is 35.7 Å². The summed E-state index contributed by atoms with van der Waals surface area (Å²) in [7, 11) is 1.20. The summed E-state index contributed by atoms with van der Waals surface area (Å²) in [6, 6.07) is 2.17. The van der Waals surface area contributed by atoms with Crippen LogP contribution in [0.15, 0.2) is 24.3 Å². The Morgan fingerprint density at radius 1 is 1.33 bits per heavy atom. The van der Waals surface area contributed by atoms with Gasteiger partial charge in [-0.15, -0.1) is 0 Å². The van der Waals surface area contributed by atoms with Gasteiger partial charge in [-0.2, -0.15) is 0 Å². The van der Waals surface area contributed by atoms with E-state index >= 15 is 0 Å². The molecule has 0 radical (unpaired) electrons. The van der Waals surface area contributed by atoms with E-state index in [2.05, 4.69) is 16.1 Å². The third-order valence-corrected chi connectivity index (χ3v) is 5.88. The van der Waals surface area contributed by atoms with Gasteiger partial charge in [0.15, 0.2) is 0 Å². The Hall–Kier alpha value is -2.98. The van der Waals surface area contributed by atoms with Crippen LogP contribution in [0.2, 0.25) is 5.02 Å². The van der Waals surface area contributed by atoms with E-state index in [-0.39, 0.29) is 22.9 Å². The Bertz CT molecular complexity index is 957. The van der Waals surface area contributed by atoms with Gasteiger partial charge < -0.3 is 15.4 Å². The van der Waals surface area contributed by atoms with E-state index in [1.165, 1.54) is 30.3 Å². The summed E-state index contributed by atoms with van der Waals surface area (Å²) in [5, 5.41) is 6.73. The molecule has 178 valence electrons. The van der Waals surface area contributed by atoms with Crippen LogP contribution in [0.4, 0.5) is 4.39 Å². The van der Waals surface area contributed by atoms with Crippen LogP contribution in [0.1, 0.15) is 31.2 Å². The minimum absolute atomic E-state index is 0.105. The molecule has 0 saturated carbocycles. The highest BCUT2D eigenvalue weighted by Gasteiger charge is 2.36. The largest absolute Gasteiger partial charge is 0.467 e. The molecule has 3 rings (SSSR count). The average Bonchev–Trinajstić information content (AvgIpc) is 3.21. The predicted molar refractivity (Wildman–Crippen MR) is 118 cm³/mol. The van der Waals surface area contributed by atoms with Crippen LogP contribution in [0.3, 0.4) is 0 Å². The summed E-state index contributed by atoms with van der Waals surface area (Å²) in [4.78, 5) is 49.9. The molecule has 0 bridgehead atoms. The number of hydrogen-bond acceptors (Lipinski definition) is 6. The highest BCUT2D eigenvalue weighted by molar-refractivity contribution is 6.30. The minimum atomic E-state index is -1.02. The number of carbonyl (C=O) groups is 4. The summed E-state index contributed by atoms with van der Waals surface area (Å²) in [5.41, 5.74) is 3.06. The lowest BCUT2D eigenvalue weighted by atomic mass is 9.97. The second-order valence-electron chi connectivity index (χ2n) is 7.87. The standard InChI is InChI=1S/C22H26ClFN4O5/c1-33-22(32)17(11-14-8-10-25-20(14)30)27-21(31)18-3-2-9-26-28(18)19(29)7-5-13-4-6-15(23)12-16(13)24/h4-7,12,14,17-18,26H,2-3,8-11H2,1H3,(H,25,30)(H,27,31)/b7-5+/t14-,17?,18-/m0/s1. The van der Waals surface area contributed by atoms with Crippen molar-refractivity contribution >= 4 is 41.4 Å². The van der Waals surface area contributed by atoms with Crippen LogP contribution in [0.25, 0.3) is 6.08 Å². The zero-order valence-electron chi connectivity index (χ0n) is 18.1. The predicted octanol–water partition coefficient (Wildman–Crippen LogP) is 1.17. The summed E-state index contributed by atoms with van der Waals surface area (Å²) >= 11 is 5.74. The second-order valence-corrected chi connectivity index (χ2v) is 8.31. The van der Waals surface area contributed by atoms with Crippen LogP contribution >= 0.6 is 11.6 Å². The number of esters is 1. The number of hydrazine groups is 1. The third-order valence-electron chi connectivity index (χ3n) is 5.64. The Morgan fingerprint density at radius 3 is 2.79 bits per heavy atom. The third kappa shape index (κ3) is 6.29. The molecule has 2 saturated heterocycles. The van der Waals surface area contributed by atoms with Crippen molar-refractivity contribution in [3.05, 3.63) is 40.7 Å². The molecule has 33 heavy (non-hydrogen) atoms. The maximum absolute atomic E-state index is 14.0. The number of nitrogens with one attached hydrogen (secondary N) is 3. The monoisotopic (exact) mass is 480 g/mol. The van der Waals surface area contributed by atoms with Crippen LogP contribution < -0.4 is 16.1 Å². The molecule has 3 atom stereocenters. The number of nitrogens with zero attached hydrogens (tertiary/aromatic N) is 1. The van der Waals surface area contributed by atoms with Gasteiger partial charge in [-0.25, -0.2) is 14.6 Å². The highest BCUT2D eigenvalue weighted by atomic mass is 35.5. The van der Waals surface area contributed by atoms with Crippen molar-refractivity contribution in [3.8, 4) is 0 Å². The highest BCUT2D eigenvalue weighted by Crippen LogP contribution is 2.19. The number of carbonyl (C=O) groups excluding carboxylic acids is 4. The van der Waals surface area contributed by atoms with E-state index in [0.29, 0.717) is 32.4 Å². The number of ether oxygens (including phenoxy) is 1. The Labute approximate surface area is 195 Å². The second kappa shape index (κ2) is 11.2. The molecule has 2 heterocycles. The van der Waals surface area contributed by atoms with Gasteiger partial charge in [0.2, 0.25) is 11.8 Å². The number of halogens is 2. The van der Waals surface area contributed by atoms with Gasteiger partial charge in [0.1, 0.15) is 17.9 Å². The molecule has 2 aliphatic heterocycles. The SMILES string of the molecule is COC(=O)C(C[C@@H]1CCNC1=O)NC(=O)[C@@H]1CCCNN1C(=O)/C=C/c1ccc(Cl)cc1F. The van der Waals surface area contributed by atoms with E-state index < -0.39 is 41.6 Å². The first-order valence-corrected chi connectivity index (χ1v) is 11.0. The van der Waals surface area contributed by atoms with Crippen molar-refractivity contribution in [3.63, 3.8) is 0 Å². The summed E-state index contributed by atoms with van der Waals surface area (Å²) < 4.78 is 18.8. The first kappa shape index (κ1) is 24.7. The van der Waals surface area contributed by atoms with Gasteiger partial charge in [-0.1, -0.05) is 17.7 Å². The Kier molecular flexibility index (Phi) is 8.40. The van der Waals surface area contributed by atoms with Crippen molar-refractivity contribution in [1.82, 2.24) is 21.1 Å². The zero-order valence-corrected chi connectivity index (χ0v) is 18.9. The van der Waals surface area contributed by atoms with Crippen molar-refractivity contribution < 1.29 is 28.3 Å². The Balaban J connectivity index is 1.69. The number of methoxy groups -OCH3 is 1. The average molecular weight is 481 g/mol. The smallest absolute Gasteiger partial charge is 0.328 e. The molecule has 3 N–H and O–H groups in total. The fraction of sp³-hybridized carbons (Fsp3) is 0.455.